The van der Waals surface area contributed by atoms with Gasteiger partial charge in [0.1, 0.15) is 5.78 Å². The summed E-state index contributed by atoms with van der Waals surface area (Å²) in [5, 5.41) is 0. The lowest BCUT2D eigenvalue weighted by atomic mass is 9.44. The van der Waals surface area contributed by atoms with Crippen LogP contribution < -0.4 is 0 Å². The van der Waals surface area contributed by atoms with E-state index in [0.717, 1.165) is 25.2 Å². The van der Waals surface area contributed by atoms with Crippen molar-refractivity contribution in [2.24, 2.45) is 46.3 Å². The molecule has 4 aliphatic carbocycles. The zero-order valence-electron chi connectivity index (χ0n) is 21.4. The van der Waals surface area contributed by atoms with E-state index in [4.69, 9.17) is 9.47 Å². The van der Waals surface area contributed by atoms with Crippen LogP contribution in [0.25, 0.3) is 0 Å². The van der Waals surface area contributed by atoms with Crippen molar-refractivity contribution in [3.63, 3.8) is 0 Å². The summed E-state index contributed by atoms with van der Waals surface area (Å²) in [5.41, 5.74) is 0.476. The minimum Gasteiger partial charge on any atom is -0.345 e. The van der Waals surface area contributed by atoms with Gasteiger partial charge in [-0.3, -0.25) is 4.79 Å². The quantitative estimate of drug-likeness (QED) is 0.442. The number of carbonyl (C=O) groups excluding carboxylic acids is 1. The summed E-state index contributed by atoms with van der Waals surface area (Å²) in [6, 6.07) is 0. The highest BCUT2D eigenvalue weighted by atomic mass is 16.7. The summed E-state index contributed by atoms with van der Waals surface area (Å²) >= 11 is 0. The molecule has 1 heterocycles. The third kappa shape index (κ3) is 3.47. The molecule has 0 amide bonds. The van der Waals surface area contributed by atoms with Crippen molar-refractivity contribution in [1.82, 2.24) is 0 Å². The van der Waals surface area contributed by atoms with Crippen molar-refractivity contribution < 1.29 is 14.3 Å². The summed E-state index contributed by atoms with van der Waals surface area (Å²) in [5.74, 6) is 3.57. The van der Waals surface area contributed by atoms with E-state index in [9.17, 15) is 4.79 Å². The number of ketones is 1. The lowest BCUT2D eigenvalue weighted by Crippen LogP contribution is -2.59. The molecule has 5 aliphatic rings. The van der Waals surface area contributed by atoms with Gasteiger partial charge in [0, 0.05) is 12.3 Å². The topological polar surface area (TPSA) is 35.5 Å². The monoisotopic (exact) mass is 442 g/mol. The molecule has 5 fully saturated rings. The summed E-state index contributed by atoms with van der Waals surface area (Å²) < 4.78 is 12.6. The van der Waals surface area contributed by atoms with Gasteiger partial charge in [-0.15, -0.1) is 0 Å². The molecule has 3 nitrogen and oxygen atoms in total. The molecule has 3 unspecified atom stereocenters. The Hall–Kier alpha value is -0.670. The van der Waals surface area contributed by atoms with Gasteiger partial charge in [-0.1, -0.05) is 46.3 Å². The number of hydrogen-bond donors (Lipinski definition) is 0. The number of carbonyl (C=O) groups is 1. The van der Waals surface area contributed by atoms with E-state index >= 15 is 0 Å². The zero-order chi connectivity index (χ0) is 22.9. The predicted molar refractivity (Wildman–Crippen MR) is 128 cm³/mol. The molecule has 1 aliphatic heterocycles. The molecule has 3 heteroatoms. The molecule has 0 aromatic heterocycles. The van der Waals surface area contributed by atoms with E-state index in [1.165, 1.54) is 38.5 Å². The lowest BCUT2D eigenvalue weighted by Gasteiger charge is -2.60. The first-order chi connectivity index (χ1) is 15.1. The molecule has 4 saturated carbocycles. The molecule has 180 valence electrons. The van der Waals surface area contributed by atoms with Gasteiger partial charge in [0.25, 0.3) is 0 Å². The van der Waals surface area contributed by atoms with Crippen molar-refractivity contribution >= 4 is 5.78 Å². The predicted octanol–water partition coefficient (Wildman–Crippen LogP) is 6.95. The molecule has 5 rings (SSSR count). The molecule has 0 spiro atoms. The fourth-order valence-corrected chi connectivity index (χ4v) is 9.55. The lowest BCUT2D eigenvalue weighted by molar-refractivity contribution is -0.163. The average Bonchev–Trinajstić information content (AvgIpc) is 3.21. The normalized spacial score (nSPS) is 50.6. The van der Waals surface area contributed by atoms with Crippen LogP contribution in [0.3, 0.4) is 0 Å². The first kappa shape index (κ1) is 23.1. The van der Waals surface area contributed by atoms with E-state index in [2.05, 4.69) is 39.8 Å². The number of ether oxygens (including phenoxy) is 2. The second kappa shape index (κ2) is 7.94. The maximum Gasteiger partial charge on any atom is 0.163 e. The van der Waals surface area contributed by atoms with Crippen molar-refractivity contribution in [3.05, 3.63) is 12.2 Å². The Kier molecular flexibility index (Phi) is 5.73. The highest BCUT2D eigenvalue weighted by molar-refractivity contribution is 5.83. The van der Waals surface area contributed by atoms with Crippen LogP contribution in [-0.4, -0.2) is 23.8 Å². The van der Waals surface area contributed by atoms with Gasteiger partial charge < -0.3 is 9.47 Å². The molecule has 0 aromatic carbocycles. The number of allylic oxidation sites excluding steroid dienone is 2. The first-order valence-electron chi connectivity index (χ1n) is 13.6. The Balaban J connectivity index is 1.38. The number of Topliss-reactive ketones (excluding diaryl/α,β-unsaturated/α-hetero) is 1. The summed E-state index contributed by atoms with van der Waals surface area (Å²) in [7, 11) is 0. The molecular weight excluding hydrogens is 396 g/mol. The average molecular weight is 443 g/mol. The van der Waals surface area contributed by atoms with Crippen LogP contribution >= 0.6 is 0 Å². The molecule has 0 radical (unpaired) electrons. The van der Waals surface area contributed by atoms with Gasteiger partial charge in [0.05, 0.1) is 12.2 Å². The highest BCUT2D eigenvalue weighted by Crippen LogP contribution is 2.68. The van der Waals surface area contributed by atoms with Crippen LogP contribution in [0, 0.1) is 46.3 Å². The number of fused-ring (bicyclic) bond motifs is 6. The number of hydrogen-bond acceptors (Lipinski definition) is 3. The van der Waals surface area contributed by atoms with Gasteiger partial charge >= 0.3 is 0 Å². The summed E-state index contributed by atoms with van der Waals surface area (Å²) in [4.78, 5) is 13.6. The molecule has 0 N–H and O–H groups in total. The molecular formula is C29H46O3. The first-order valence-corrected chi connectivity index (χ1v) is 13.6. The Bertz CT molecular complexity index is 770. The Morgan fingerprint density at radius 1 is 1.03 bits per heavy atom. The van der Waals surface area contributed by atoms with Crippen LogP contribution in [0.5, 0.6) is 0 Å². The van der Waals surface area contributed by atoms with E-state index in [-0.39, 0.29) is 23.5 Å². The maximum atomic E-state index is 13.6. The Morgan fingerprint density at radius 3 is 2.50 bits per heavy atom. The van der Waals surface area contributed by atoms with Gasteiger partial charge in [0.15, 0.2) is 5.79 Å². The maximum absolute atomic E-state index is 13.6. The van der Waals surface area contributed by atoms with E-state index in [0.29, 0.717) is 34.9 Å². The van der Waals surface area contributed by atoms with Gasteiger partial charge in [-0.25, -0.2) is 0 Å². The van der Waals surface area contributed by atoms with Gasteiger partial charge in [-0.2, -0.15) is 0 Å². The van der Waals surface area contributed by atoms with Crippen LogP contribution in [0.4, 0.5) is 0 Å². The number of rotatable bonds is 4. The van der Waals surface area contributed by atoms with E-state index in [1.54, 1.807) is 0 Å². The molecule has 0 bridgehead atoms. The molecule has 10 atom stereocenters. The largest absolute Gasteiger partial charge is 0.345 e. The van der Waals surface area contributed by atoms with Gasteiger partial charge in [0.2, 0.25) is 0 Å². The molecule has 0 aromatic rings. The zero-order valence-corrected chi connectivity index (χ0v) is 21.4. The Labute approximate surface area is 196 Å². The summed E-state index contributed by atoms with van der Waals surface area (Å²) in [6.45, 7) is 13.8. The minimum atomic E-state index is -0.507. The number of unbranched alkanes of at least 4 members (excludes halogenated alkanes) is 1. The minimum absolute atomic E-state index is 0.0804. The third-order valence-corrected chi connectivity index (χ3v) is 10.9. The van der Waals surface area contributed by atoms with Crippen LogP contribution in [0.15, 0.2) is 12.2 Å². The second-order valence-electron chi connectivity index (χ2n) is 13.1. The SMILES string of the molecule is CCC/C=C/[C@@H](C)[C@H]1CCC2C3CC(=O)[C@H]4C[C@@H]5OC(C)(C)O[C@@H]5C[C@]4(C)C3CC[C@@]21C. The molecule has 1 saturated heterocycles. The third-order valence-electron chi connectivity index (χ3n) is 10.9. The fourth-order valence-electron chi connectivity index (χ4n) is 9.55. The fraction of sp³-hybridized carbons (Fsp3) is 0.897. The van der Waals surface area contributed by atoms with E-state index < -0.39 is 5.79 Å². The van der Waals surface area contributed by atoms with Gasteiger partial charge in [-0.05, 0) is 99.2 Å². The van der Waals surface area contributed by atoms with Crippen LogP contribution in [0.2, 0.25) is 0 Å². The van der Waals surface area contributed by atoms with Crippen molar-refractivity contribution in [3.8, 4) is 0 Å². The second-order valence-corrected chi connectivity index (χ2v) is 13.1. The van der Waals surface area contributed by atoms with Crippen molar-refractivity contribution in [2.75, 3.05) is 0 Å². The molecule has 32 heavy (non-hydrogen) atoms. The highest BCUT2D eigenvalue weighted by Gasteiger charge is 2.64. The Morgan fingerprint density at radius 2 is 1.75 bits per heavy atom. The standard InChI is InChI=1S/C29H46O3/c1-7-8-9-10-18(2)20-11-12-21-19-15-24(30)23-16-25-26(32-27(3,4)31-25)17-29(23,6)22(19)13-14-28(20,21)5/h9-10,18-23,25-26H,7-8,11-17H2,1-6H3/b10-9+/t18-,19?,20-,21?,22?,23-,25+,26-,28-,29-/m1/s1. The summed E-state index contributed by atoms with van der Waals surface area (Å²) in [6.07, 6.45) is 15.6. The van der Waals surface area contributed by atoms with Crippen LogP contribution in [0.1, 0.15) is 99.3 Å². The van der Waals surface area contributed by atoms with Crippen molar-refractivity contribution in [2.45, 2.75) is 117 Å². The smallest absolute Gasteiger partial charge is 0.163 e. The van der Waals surface area contributed by atoms with E-state index in [1.807, 2.05) is 13.8 Å². The van der Waals surface area contributed by atoms with Crippen molar-refractivity contribution in [1.29, 1.82) is 0 Å². The van der Waals surface area contributed by atoms with Crippen LogP contribution in [-0.2, 0) is 14.3 Å².